The van der Waals surface area contributed by atoms with Crippen LogP contribution >= 0.6 is 0 Å². The molecule has 2 aromatic rings. The molecule has 1 N–H and O–H groups in total. The van der Waals surface area contributed by atoms with Crippen molar-refractivity contribution in [2.75, 3.05) is 20.2 Å². The van der Waals surface area contributed by atoms with Gasteiger partial charge in [-0.15, -0.1) is 0 Å². The summed E-state index contributed by atoms with van der Waals surface area (Å²) < 4.78 is 5.49. The minimum atomic E-state index is -0.868. The summed E-state index contributed by atoms with van der Waals surface area (Å²) in [7, 11) is 1.72. The number of rotatable bonds is 5. The van der Waals surface area contributed by atoms with Gasteiger partial charge in [-0.3, -0.25) is 4.90 Å². The zero-order chi connectivity index (χ0) is 19.9. The predicted octanol–water partition coefficient (Wildman–Crippen LogP) is 5.11. The monoisotopic (exact) mass is 379 g/mol. The van der Waals surface area contributed by atoms with Crippen LogP contribution in [-0.4, -0.2) is 30.2 Å². The molecule has 2 bridgehead atoms. The maximum atomic E-state index is 11.9. The van der Waals surface area contributed by atoms with Gasteiger partial charge in [0.1, 0.15) is 5.75 Å². The SMILES string of the molecule is COc1cccc(C2C(C(C)(O)c3ccc(C(C)C)cc3)C3CCN2CC3)c1. The van der Waals surface area contributed by atoms with E-state index in [-0.39, 0.29) is 12.0 Å². The van der Waals surface area contributed by atoms with E-state index in [0.29, 0.717) is 11.8 Å². The van der Waals surface area contributed by atoms with Gasteiger partial charge >= 0.3 is 0 Å². The van der Waals surface area contributed by atoms with Crippen LogP contribution < -0.4 is 4.74 Å². The molecule has 150 valence electrons. The van der Waals surface area contributed by atoms with E-state index >= 15 is 0 Å². The van der Waals surface area contributed by atoms with Crippen molar-refractivity contribution in [1.29, 1.82) is 0 Å². The molecular weight excluding hydrogens is 346 g/mol. The van der Waals surface area contributed by atoms with Crippen molar-refractivity contribution in [2.45, 2.75) is 51.2 Å². The summed E-state index contributed by atoms with van der Waals surface area (Å²) >= 11 is 0. The number of hydrogen-bond acceptors (Lipinski definition) is 3. The number of aliphatic hydroxyl groups is 1. The number of nitrogens with zero attached hydrogens (tertiary/aromatic N) is 1. The molecule has 3 atom stereocenters. The molecule has 0 amide bonds. The Hall–Kier alpha value is -1.84. The lowest BCUT2D eigenvalue weighted by molar-refractivity contribution is -0.126. The molecule has 3 unspecified atom stereocenters. The molecule has 0 aromatic heterocycles. The summed E-state index contributed by atoms with van der Waals surface area (Å²) in [5.41, 5.74) is 2.74. The van der Waals surface area contributed by atoms with Crippen LogP contribution in [0.2, 0.25) is 0 Å². The van der Waals surface area contributed by atoms with Crippen molar-refractivity contribution in [3.8, 4) is 5.75 Å². The molecule has 3 aliphatic rings. The molecule has 3 aliphatic heterocycles. The molecule has 3 heterocycles. The van der Waals surface area contributed by atoms with Crippen LogP contribution in [-0.2, 0) is 5.60 Å². The smallest absolute Gasteiger partial charge is 0.119 e. The fourth-order valence-corrected chi connectivity index (χ4v) is 5.45. The summed E-state index contributed by atoms with van der Waals surface area (Å²) in [5.74, 6) is 2.10. The first kappa shape index (κ1) is 19.5. The lowest BCUT2D eigenvalue weighted by Crippen LogP contribution is -2.55. The summed E-state index contributed by atoms with van der Waals surface area (Å²) in [6.45, 7) is 8.67. The van der Waals surface area contributed by atoms with Crippen molar-refractivity contribution in [3.05, 3.63) is 65.2 Å². The summed E-state index contributed by atoms with van der Waals surface area (Å²) in [5, 5.41) is 11.9. The third-order valence-electron chi connectivity index (χ3n) is 7.06. The maximum absolute atomic E-state index is 11.9. The third kappa shape index (κ3) is 3.35. The zero-order valence-electron chi connectivity index (χ0n) is 17.6. The topological polar surface area (TPSA) is 32.7 Å². The summed E-state index contributed by atoms with van der Waals surface area (Å²) in [6.07, 6.45) is 2.34. The Balaban J connectivity index is 1.73. The van der Waals surface area contributed by atoms with Gasteiger partial charge in [0.2, 0.25) is 0 Å². The lowest BCUT2D eigenvalue weighted by Gasteiger charge is -2.55. The van der Waals surface area contributed by atoms with E-state index in [1.54, 1.807) is 7.11 Å². The third-order valence-corrected chi connectivity index (χ3v) is 7.06. The Morgan fingerprint density at radius 1 is 1.07 bits per heavy atom. The van der Waals surface area contributed by atoms with Gasteiger partial charge in [0.05, 0.1) is 12.7 Å². The van der Waals surface area contributed by atoms with Crippen molar-refractivity contribution in [3.63, 3.8) is 0 Å². The first-order chi connectivity index (χ1) is 13.4. The number of fused-ring (bicyclic) bond motifs is 3. The van der Waals surface area contributed by atoms with Gasteiger partial charge in [-0.2, -0.15) is 0 Å². The van der Waals surface area contributed by atoms with Gasteiger partial charge in [0, 0.05) is 12.0 Å². The van der Waals surface area contributed by atoms with Crippen LogP contribution in [0.15, 0.2) is 48.5 Å². The standard InChI is InChI=1S/C25H33NO2/c1-17(2)18-8-10-21(11-9-18)25(3,27)23-19-12-14-26(15-13-19)24(23)20-6-5-7-22(16-20)28-4/h5-11,16-17,19,23-24,27H,12-15H2,1-4H3. The molecule has 3 saturated heterocycles. The molecule has 0 aliphatic carbocycles. The largest absolute Gasteiger partial charge is 0.497 e. The highest BCUT2D eigenvalue weighted by Gasteiger charge is 2.51. The fourth-order valence-electron chi connectivity index (χ4n) is 5.45. The Morgan fingerprint density at radius 3 is 2.36 bits per heavy atom. The zero-order valence-corrected chi connectivity index (χ0v) is 17.6. The second-order valence-corrected chi connectivity index (χ2v) is 9.04. The predicted molar refractivity (Wildman–Crippen MR) is 114 cm³/mol. The van der Waals surface area contributed by atoms with E-state index in [4.69, 9.17) is 4.74 Å². The van der Waals surface area contributed by atoms with E-state index < -0.39 is 5.60 Å². The second-order valence-electron chi connectivity index (χ2n) is 9.04. The quantitative estimate of drug-likeness (QED) is 0.784. The molecule has 3 heteroatoms. The van der Waals surface area contributed by atoms with E-state index in [1.165, 1.54) is 24.0 Å². The van der Waals surface area contributed by atoms with Crippen LogP contribution in [0.3, 0.4) is 0 Å². The average Bonchev–Trinajstić information content (AvgIpc) is 2.74. The number of hydrogen-bond donors (Lipinski definition) is 1. The Kier molecular flexibility index (Phi) is 5.24. The van der Waals surface area contributed by atoms with Gasteiger partial charge in [-0.1, -0.05) is 50.2 Å². The van der Waals surface area contributed by atoms with Gasteiger partial charge in [0.15, 0.2) is 0 Å². The highest BCUT2D eigenvalue weighted by atomic mass is 16.5. The fraction of sp³-hybridized carbons (Fsp3) is 0.520. The number of piperidine rings is 3. The highest BCUT2D eigenvalue weighted by Crippen LogP contribution is 2.53. The number of benzene rings is 2. The first-order valence-corrected chi connectivity index (χ1v) is 10.6. The normalized spacial score (nSPS) is 28.9. The Morgan fingerprint density at radius 2 is 1.75 bits per heavy atom. The van der Waals surface area contributed by atoms with E-state index in [0.717, 1.165) is 24.4 Å². The molecule has 3 nitrogen and oxygen atoms in total. The molecule has 28 heavy (non-hydrogen) atoms. The summed E-state index contributed by atoms with van der Waals surface area (Å²) in [6, 6.07) is 17.3. The van der Waals surface area contributed by atoms with Crippen LogP contribution in [0.25, 0.3) is 0 Å². The van der Waals surface area contributed by atoms with Gasteiger partial charge in [-0.25, -0.2) is 0 Å². The molecule has 0 spiro atoms. The van der Waals surface area contributed by atoms with Gasteiger partial charge in [0.25, 0.3) is 0 Å². The van der Waals surface area contributed by atoms with Crippen molar-refractivity contribution in [1.82, 2.24) is 4.90 Å². The van der Waals surface area contributed by atoms with Gasteiger partial charge in [-0.05, 0) is 73.5 Å². The minimum absolute atomic E-state index is 0.173. The van der Waals surface area contributed by atoms with Crippen LogP contribution in [0.4, 0.5) is 0 Å². The first-order valence-electron chi connectivity index (χ1n) is 10.6. The van der Waals surface area contributed by atoms with Gasteiger partial charge < -0.3 is 9.84 Å². The summed E-state index contributed by atoms with van der Waals surface area (Å²) in [4.78, 5) is 2.57. The van der Waals surface area contributed by atoms with Crippen molar-refractivity contribution >= 4 is 0 Å². The molecule has 2 aromatic carbocycles. The Labute approximate surface area is 169 Å². The van der Waals surface area contributed by atoms with E-state index in [1.807, 2.05) is 13.0 Å². The van der Waals surface area contributed by atoms with Crippen LogP contribution in [0.5, 0.6) is 5.75 Å². The van der Waals surface area contributed by atoms with Crippen LogP contribution in [0.1, 0.15) is 62.3 Å². The molecule has 5 rings (SSSR count). The minimum Gasteiger partial charge on any atom is -0.497 e. The molecule has 0 saturated carbocycles. The Bertz CT molecular complexity index is 804. The van der Waals surface area contributed by atoms with Crippen molar-refractivity contribution in [2.24, 2.45) is 11.8 Å². The van der Waals surface area contributed by atoms with E-state index in [9.17, 15) is 5.11 Å². The van der Waals surface area contributed by atoms with Crippen molar-refractivity contribution < 1.29 is 9.84 Å². The van der Waals surface area contributed by atoms with Crippen LogP contribution in [0, 0.1) is 11.8 Å². The number of methoxy groups -OCH3 is 1. The van der Waals surface area contributed by atoms with E-state index in [2.05, 4.69) is 61.2 Å². The average molecular weight is 380 g/mol. The molecular formula is C25H33NO2. The molecule has 3 fully saturated rings. The number of ether oxygens (including phenoxy) is 1. The maximum Gasteiger partial charge on any atom is 0.119 e. The lowest BCUT2D eigenvalue weighted by atomic mass is 9.63. The highest BCUT2D eigenvalue weighted by molar-refractivity contribution is 5.35. The second kappa shape index (κ2) is 7.53. The molecule has 0 radical (unpaired) electrons.